The number of nitrogens with one attached hydrogen (secondary N) is 1. The van der Waals surface area contributed by atoms with Crippen LogP contribution in [0.3, 0.4) is 0 Å². The van der Waals surface area contributed by atoms with E-state index in [4.69, 9.17) is 4.84 Å². The average Bonchev–Trinajstić information content (AvgIpc) is 2.88. The third-order valence-electron chi connectivity index (χ3n) is 3.35. The summed E-state index contributed by atoms with van der Waals surface area (Å²) in [4.78, 5) is 9.80. The summed E-state index contributed by atoms with van der Waals surface area (Å²) >= 11 is 0. The summed E-state index contributed by atoms with van der Waals surface area (Å²) in [6, 6.07) is 6.12. The van der Waals surface area contributed by atoms with E-state index in [0.717, 1.165) is 31.6 Å². The molecule has 100 valence electrons. The summed E-state index contributed by atoms with van der Waals surface area (Å²) in [7, 11) is 0. The van der Waals surface area contributed by atoms with Gasteiger partial charge in [0.1, 0.15) is 12.1 Å². The van der Waals surface area contributed by atoms with E-state index in [0.29, 0.717) is 11.7 Å². The van der Waals surface area contributed by atoms with Crippen molar-refractivity contribution in [2.24, 2.45) is 0 Å². The molecule has 19 heavy (non-hydrogen) atoms. The van der Waals surface area contributed by atoms with Gasteiger partial charge in [-0.2, -0.15) is 4.73 Å². The molecule has 1 aromatic heterocycles. The quantitative estimate of drug-likeness (QED) is 0.921. The zero-order valence-electron chi connectivity index (χ0n) is 10.6. The average molecular weight is 261 g/mol. The first-order chi connectivity index (χ1) is 9.33. The number of rotatable bonds is 3. The van der Waals surface area contributed by atoms with Gasteiger partial charge in [0.2, 0.25) is 0 Å². The molecule has 0 aliphatic carbocycles. The predicted molar refractivity (Wildman–Crippen MR) is 69.5 cm³/mol. The molecule has 1 aliphatic heterocycles. The van der Waals surface area contributed by atoms with Gasteiger partial charge in [-0.1, -0.05) is 6.07 Å². The van der Waals surface area contributed by atoms with Gasteiger partial charge in [0.15, 0.2) is 5.75 Å². The molecule has 4 nitrogen and oxygen atoms in total. The first-order valence-corrected chi connectivity index (χ1v) is 6.50. The molecule has 0 amide bonds. The Kier molecular flexibility index (Phi) is 3.46. The third kappa shape index (κ3) is 2.76. The van der Waals surface area contributed by atoms with Crippen molar-refractivity contribution >= 4 is 0 Å². The van der Waals surface area contributed by atoms with Gasteiger partial charge in [0.25, 0.3) is 0 Å². The van der Waals surface area contributed by atoms with Gasteiger partial charge < -0.3 is 10.2 Å². The lowest BCUT2D eigenvalue weighted by Crippen LogP contribution is -2.30. The molecule has 2 heterocycles. The minimum atomic E-state index is -0.307. The van der Waals surface area contributed by atoms with Gasteiger partial charge in [-0.05, 0) is 31.5 Å². The number of aromatic nitrogens is 2. The normalized spacial score (nSPS) is 19.3. The Balaban J connectivity index is 1.80. The summed E-state index contributed by atoms with van der Waals surface area (Å²) < 4.78 is 14.8. The highest BCUT2D eigenvalue weighted by molar-refractivity contribution is 5.22. The molecule has 1 N–H and O–H groups in total. The number of piperidine rings is 1. The fraction of sp³-hybridized carbons (Fsp3) is 0.357. The molecule has 1 aliphatic rings. The van der Waals surface area contributed by atoms with Crippen LogP contribution in [0, 0.1) is 5.82 Å². The molecule has 0 unspecified atom stereocenters. The van der Waals surface area contributed by atoms with Crippen molar-refractivity contribution in [3.8, 4) is 5.75 Å². The molecule has 0 bridgehead atoms. The first kappa shape index (κ1) is 12.2. The first-order valence-electron chi connectivity index (χ1n) is 6.50. The van der Waals surface area contributed by atoms with Crippen LogP contribution < -0.4 is 10.2 Å². The van der Waals surface area contributed by atoms with Crippen molar-refractivity contribution < 1.29 is 9.23 Å². The number of hydrogen-bond acceptors (Lipinski definition) is 3. The monoisotopic (exact) mass is 261 g/mol. The zero-order valence-corrected chi connectivity index (χ0v) is 10.6. The van der Waals surface area contributed by atoms with E-state index in [1.807, 2.05) is 6.20 Å². The van der Waals surface area contributed by atoms with Crippen molar-refractivity contribution in [2.75, 3.05) is 13.1 Å². The second kappa shape index (κ2) is 5.40. The van der Waals surface area contributed by atoms with Gasteiger partial charge in [0, 0.05) is 18.5 Å². The molecule has 1 atom stereocenters. The minimum absolute atomic E-state index is 0.307. The van der Waals surface area contributed by atoms with Crippen LogP contribution in [0.25, 0.3) is 0 Å². The Morgan fingerprint density at radius 3 is 3.16 bits per heavy atom. The van der Waals surface area contributed by atoms with Crippen LogP contribution in [-0.2, 0) is 0 Å². The van der Waals surface area contributed by atoms with E-state index < -0.39 is 0 Å². The highest BCUT2D eigenvalue weighted by Gasteiger charge is 2.19. The van der Waals surface area contributed by atoms with Gasteiger partial charge in [-0.3, -0.25) is 0 Å². The van der Waals surface area contributed by atoms with Crippen LogP contribution in [0.15, 0.2) is 36.8 Å². The summed E-state index contributed by atoms with van der Waals surface area (Å²) in [5, 5.41) is 3.37. The molecule has 0 saturated carbocycles. The van der Waals surface area contributed by atoms with Crippen LogP contribution in [0.4, 0.5) is 4.39 Å². The molecule has 2 aromatic rings. The maximum absolute atomic E-state index is 13.1. The largest absolute Gasteiger partial charge is 0.374 e. The van der Waals surface area contributed by atoms with Gasteiger partial charge >= 0.3 is 0 Å². The zero-order chi connectivity index (χ0) is 13.1. The molecule has 1 saturated heterocycles. The number of hydrogen-bond donors (Lipinski definition) is 1. The van der Waals surface area contributed by atoms with Crippen molar-refractivity contribution in [1.82, 2.24) is 15.0 Å². The van der Waals surface area contributed by atoms with Crippen molar-refractivity contribution in [2.45, 2.75) is 18.8 Å². The lowest BCUT2D eigenvalue weighted by molar-refractivity contribution is 0.197. The van der Waals surface area contributed by atoms with Crippen LogP contribution in [-0.4, -0.2) is 22.8 Å². The van der Waals surface area contributed by atoms with E-state index in [-0.39, 0.29) is 5.82 Å². The second-order valence-corrected chi connectivity index (χ2v) is 4.74. The van der Waals surface area contributed by atoms with Crippen molar-refractivity contribution in [3.63, 3.8) is 0 Å². The maximum Gasteiger partial charge on any atom is 0.158 e. The molecule has 1 aromatic carbocycles. The molecule has 1 fully saturated rings. The van der Waals surface area contributed by atoms with E-state index in [1.54, 1.807) is 23.2 Å². The van der Waals surface area contributed by atoms with Gasteiger partial charge in [-0.25, -0.2) is 9.37 Å². The SMILES string of the molecule is Fc1cccc(On2cncc2[C@H]2CCCNC2)c1. The minimum Gasteiger partial charge on any atom is -0.374 e. The Labute approximate surface area is 111 Å². The topological polar surface area (TPSA) is 39.1 Å². The van der Waals surface area contributed by atoms with E-state index in [9.17, 15) is 4.39 Å². The van der Waals surface area contributed by atoms with E-state index in [2.05, 4.69) is 10.3 Å². The molecule has 0 spiro atoms. The summed E-state index contributed by atoms with van der Waals surface area (Å²) in [6.45, 7) is 1.99. The van der Waals surface area contributed by atoms with Gasteiger partial charge in [-0.15, -0.1) is 0 Å². The maximum atomic E-state index is 13.1. The van der Waals surface area contributed by atoms with Crippen molar-refractivity contribution in [3.05, 3.63) is 48.3 Å². The van der Waals surface area contributed by atoms with Crippen LogP contribution in [0.1, 0.15) is 24.5 Å². The van der Waals surface area contributed by atoms with Crippen LogP contribution in [0.5, 0.6) is 5.75 Å². The standard InChI is InChI=1S/C14H16FN3O/c15-12-4-1-5-13(7-12)19-18-10-17-9-14(18)11-3-2-6-16-8-11/h1,4-5,7,9-11,16H,2-3,6,8H2/t11-/m0/s1. The number of halogens is 1. The summed E-state index contributed by atoms with van der Waals surface area (Å²) in [6.07, 6.45) is 5.70. The van der Waals surface area contributed by atoms with Crippen molar-refractivity contribution in [1.29, 1.82) is 0 Å². The van der Waals surface area contributed by atoms with Gasteiger partial charge in [0.05, 0.1) is 11.9 Å². The number of benzene rings is 1. The molecular formula is C14H16FN3O. The Morgan fingerprint density at radius 1 is 1.42 bits per heavy atom. The molecule has 0 radical (unpaired) electrons. The second-order valence-electron chi connectivity index (χ2n) is 4.74. The Bertz CT molecular complexity index is 549. The molecule has 3 rings (SSSR count). The highest BCUT2D eigenvalue weighted by atomic mass is 19.1. The third-order valence-corrected chi connectivity index (χ3v) is 3.35. The number of imidazole rings is 1. The predicted octanol–water partition coefficient (Wildman–Crippen LogP) is 2.33. The fourth-order valence-corrected chi connectivity index (χ4v) is 2.40. The Morgan fingerprint density at radius 2 is 2.37 bits per heavy atom. The van der Waals surface area contributed by atoms with Crippen LogP contribution >= 0.6 is 0 Å². The smallest absolute Gasteiger partial charge is 0.158 e. The fourth-order valence-electron chi connectivity index (χ4n) is 2.40. The number of nitrogens with zero attached hydrogens (tertiary/aromatic N) is 2. The molecule has 5 heteroatoms. The van der Waals surface area contributed by atoms with Crippen LogP contribution in [0.2, 0.25) is 0 Å². The summed E-state index contributed by atoms with van der Waals surface area (Å²) in [5.74, 6) is 0.561. The Hall–Kier alpha value is -1.88. The van der Waals surface area contributed by atoms with E-state index in [1.165, 1.54) is 12.1 Å². The highest BCUT2D eigenvalue weighted by Crippen LogP contribution is 2.23. The lowest BCUT2D eigenvalue weighted by atomic mass is 9.97. The molecular weight excluding hydrogens is 245 g/mol. The lowest BCUT2D eigenvalue weighted by Gasteiger charge is -2.23. The summed E-state index contributed by atoms with van der Waals surface area (Å²) in [5.41, 5.74) is 1.02. The van der Waals surface area contributed by atoms with E-state index >= 15 is 0 Å².